The van der Waals surface area contributed by atoms with Gasteiger partial charge in [0.25, 0.3) is 0 Å². The highest BCUT2D eigenvalue weighted by Gasteiger charge is 2.46. The minimum Gasteiger partial charge on any atom is -0.139 e. The molecule has 1 saturated carbocycles. The van der Waals surface area contributed by atoms with Crippen molar-refractivity contribution in [1.29, 1.82) is 0 Å². The van der Waals surface area contributed by atoms with Crippen molar-refractivity contribution in [2.24, 2.45) is 11.8 Å². The molecule has 0 bridgehead atoms. The summed E-state index contributed by atoms with van der Waals surface area (Å²) in [6.07, 6.45) is 11.1. The van der Waals surface area contributed by atoms with Gasteiger partial charge in [-0.15, -0.1) is 23.5 Å². The van der Waals surface area contributed by atoms with Crippen molar-refractivity contribution in [2.75, 3.05) is 11.5 Å². The lowest BCUT2D eigenvalue weighted by molar-refractivity contribution is 0.353. The topological polar surface area (TPSA) is 0 Å². The summed E-state index contributed by atoms with van der Waals surface area (Å²) in [6.45, 7) is 2.35. The molecule has 22 heavy (non-hydrogen) atoms. The smallest absolute Gasteiger partial charge is 0.0828 e. The van der Waals surface area contributed by atoms with Gasteiger partial charge in [-0.3, -0.25) is 0 Å². The number of hydrogen-bond acceptors (Lipinski definition) is 2. The Morgan fingerprint density at radius 1 is 1.00 bits per heavy atom. The largest absolute Gasteiger partial charge is 0.139 e. The van der Waals surface area contributed by atoms with Crippen LogP contribution in [0.4, 0.5) is 0 Å². The second kappa shape index (κ2) is 6.28. The minimum atomic E-state index is 0.371. The quantitative estimate of drug-likeness (QED) is 0.570. The van der Waals surface area contributed by atoms with E-state index in [1.54, 1.807) is 5.56 Å². The molecule has 1 spiro atoms. The highest BCUT2D eigenvalue weighted by atomic mass is 32.2. The first kappa shape index (κ1) is 15.2. The predicted molar refractivity (Wildman–Crippen MR) is 102 cm³/mol. The normalized spacial score (nSPS) is 33.0. The van der Waals surface area contributed by atoms with Crippen LogP contribution in [-0.2, 0) is 6.42 Å². The van der Waals surface area contributed by atoms with Crippen LogP contribution in [0.15, 0.2) is 30.3 Å². The summed E-state index contributed by atoms with van der Waals surface area (Å²) in [4.78, 5) is 0. The Bertz CT molecular complexity index is 569. The van der Waals surface area contributed by atoms with E-state index in [9.17, 15) is 0 Å². The summed E-state index contributed by atoms with van der Waals surface area (Å²) in [5, 5.41) is 0. The summed E-state index contributed by atoms with van der Waals surface area (Å²) in [5.41, 5.74) is 4.59. The van der Waals surface area contributed by atoms with Crippen molar-refractivity contribution in [3.63, 3.8) is 0 Å². The van der Waals surface area contributed by atoms with Crippen molar-refractivity contribution in [1.82, 2.24) is 0 Å². The second-order valence-electron chi connectivity index (χ2n) is 7.09. The zero-order valence-electron chi connectivity index (χ0n) is 13.5. The average Bonchev–Trinajstić information content (AvgIpc) is 3.17. The van der Waals surface area contributed by atoms with Gasteiger partial charge in [0.2, 0.25) is 0 Å². The first-order valence-electron chi connectivity index (χ1n) is 8.84. The third-order valence-electron chi connectivity index (χ3n) is 5.80. The molecular formula is C20H26S2. The zero-order chi connectivity index (χ0) is 15.0. The van der Waals surface area contributed by atoms with Gasteiger partial charge in [-0.25, -0.2) is 0 Å². The van der Waals surface area contributed by atoms with Crippen LogP contribution in [0, 0.1) is 11.8 Å². The number of benzene rings is 1. The van der Waals surface area contributed by atoms with Gasteiger partial charge in [0.1, 0.15) is 0 Å². The molecule has 1 aliphatic heterocycles. The Kier molecular flexibility index (Phi) is 4.34. The van der Waals surface area contributed by atoms with Crippen molar-refractivity contribution in [3.8, 4) is 0 Å². The molecule has 2 fully saturated rings. The van der Waals surface area contributed by atoms with E-state index >= 15 is 0 Å². The number of thioether (sulfide) groups is 2. The predicted octanol–water partition coefficient (Wildman–Crippen LogP) is 6.02. The van der Waals surface area contributed by atoms with Gasteiger partial charge < -0.3 is 0 Å². The average molecular weight is 331 g/mol. The molecule has 3 aliphatic rings. The third kappa shape index (κ3) is 2.67. The molecule has 1 aromatic rings. The molecule has 0 amide bonds. The maximum atomic E-state index is 2.67. The monoisotopic (exact) mass is 330 g/mol. The molecule has 1 saturated heterocycles. The van der Waals surface area contributed by atoms with E-state index in [1.807, 2.05) is 0 Å². The number of hydrogen-bond donors (Lipinski definition) is 0. The first-order chi connectivity index (χ1) is 10.8. The molecule has 2 unspecified atom stereocenters. The molecule has 118 valence electrons. The Morgan fingerprint density at radius 2 is 1.77 bits per heavy atom. The summed E-state index contributed by atoms with van der Waals surface area (Å²) < 4.78 is 0.371. The van der Waals surface area contributed by atoms with Gasteiger partial charge >= 0.3 is 0 Å². The van der Waals surface area contributed by atoms with Gasteiger partial charge in [0, 0.05) is 11.5 Å². The van der Waals surface area contributed by atoms with Crippen molar-refractivity contribution in [2.45, 2.75) is 49.5 Å². The maximum Gasteiger partial charge on any atom is 0.0828 e. The Hall–Kier alpha value is -0.340. The van der Waals surface area contributed by atoms with E-state index in [0.717, 1.165) is 11.8 Å². The van der Waals surface area contributed by atoms with Gasteiger partial charge in [-0.1, -0.05) is 43.2 Å². The molecule has 4 rings (SSSR count). The fraction of sp³-hybridized carbons (Fsp3) is 0.600. The van der Waals surface area contributed by atoms with Gasteiger partial charge in [0.15, 0.2) is 0 Å². The summed E-state index contributed by atoms with van der Waals surface area (Å²) in [7, 11) is 0. The van der Waals surface area contributed by atoms with E-state index in [0.29, 0.717) is 4.08 Å². The van der Waals surface area contributed by atoms with E-state index in [2.05, 4.69) is 60.8 Å². The summed E-state index contributed by atoms with van der Waals surface area (Å²) in [6, 6.07) is 9.11. The number of rotatable bonds is 0. The van der Waals surface area contributed by atoms with E-state index < -0.39 is 0 Å². The molecule has 0 N–H and O–H groups in total. The van der Waals surface area contributed by atoms with E-state index in [1.165, 1.54) is 61.2 Å². The Labute approximate surface area is 143 Å². The molecule has 1 heterocycles. The fourth-order valence-corrected chi connectivity index (χ4v) is 8.52. The molecular weight excluding hydrogens is 304 g/mol. The van der Waals surface area contributed by atoms with Gasteiger partial charge in [0.05, 0.1) is 4.08 Å². The number of aryl methyl sites for hydroxylation is 1. The number of fused-ring (bicyclic) bond motifs is 3. The van der Waals surface area contributed by atoms with Crippen LogP contribution >= 0.6 is 23.5 Å². The molecule has 2 aliphatic carbocycles. The molecule has 0 nitrogen and oxygen atoms in total. The lowest BCUT2D eigenvalue weighted by Crippen LogP contribution is -2.30. The van der Waals surface area contributed by atoms with Gasteiger partial charge in [-0.05, 0) is 61.1 Å². The van der Waals surface area contributed by atoms with Gasteiger partial charge in [-0.2, -0.15) is 0 Å². The molecule has 1 aromatic carbocycles. The van der Waals surface area contributed by atoms with Crippen molar-refractivity contribution < 1.29 is 0 Å². The molecule has 2 atom stereocenters. The summed E-state index contributed by atoms with van der Waals surface area (Å²) in [5.74, 6) is 4.54. The van der Waals surface area contributed by atoms with Crippen LogP contribution in [0.2, 0.25) is 0 Å². The second-order valence-corrected chi connectivity index (χ2v) is 10.1. The Morgan fingerprint density at radius 3 is 2.64 bits per heavy atom. The summed E-state index contributed by atoms with van der Waals surface area (Å²) >= 11 is 4.49. The standard InChI is InChI=1S/C20H26S2/c1-15-14-20(21-12-13-22-20)19-11-5-9-17(19)8-4-7-16-6-2-3-10-18(15)16/h2-3,6,10,14,17,19H,4-5,7-9,11-13H2,1H3/b15-14+. The lowest BCUT2D eigenvalue weighted by atomic mass is 9.84. The van der Waals surface area contributed by atoms with E-state index in [-0.39, 0.29) is 0 Å². The van der Waals surface area contributed by atoms with E-state index in [4.69, 9.17) is 0 Å². The highest BCUT2D eigenvalue weighted by Crippen LogP contribution is 2.58. The third-order valence-corrected chi connectivity index (χ3v) is 9.32. The lowest BCUT2D eigenvalue weighted by Gasteiger charge is -2.36. The fourth-order valence-electron chi connectivity index (χ4n) is 4.82. The van der Waals surface area contributed by atoms with Crippen molar-refractivity contribution in [3.05, 3.63) is 41.5 Å². The number of allylic oxidation sites excluding steroid dienone is 1. The van der Waals surface area contributed by atoms with Crippen LogP contribution in [0.5, 0.6) is 0 Å². The molecule has 2 heteroatoms. The molecule has 0 radical (unpaired) electrons. The highest BCUT2D eigenvalue weighted by molar-refractivity contribution is 8.21. The maximum absolute atomic E-state index is 2.67. The minimum absolute atomic E-state index is 0.371. The van der Waals surface area contributed by atoms with Crippen LogP contribution in [0.1, 0.15) is 50.2 Å². The van der Waals surface area contributed by atoms with Crippen molar-refractivity contribution >= 4 is 29.1 Å². The molecule has 0 aromatic heterocycles. The van der Waals surface area contributed by atoms with Crippen LogP contribution < -0.4 is 0 Å². The van der Waals surface area contributed by atoms with Crippen LogP contribution in [0.3, 0.4) is 0 Å². The zero-order valence-corrected chi connectivity index (χ0v) is 15.1. The Balaban J connectivity index is 1.80. The SMILES string of the molecule is C/C1=C\C2(SCCS2)C2CCCC2CCCc2ccccc21. The van der Waals surface area contributed by atoms with Crippen LogP contribution in [-0.4, -0.2) is 15.6 Å². The van der Waals surface area contributed by atoms with Crippen LogP contribution in [0.25, 0.3) is 5.57 Å². The first-order valence-corrected chi connectivity index (χ1v) is 10.8.